The van der Waals surface area contributed by atoms with Gasteiger partial charge in [-0.3, -0.25) is 4.79 Å². The Morgan fingerprint density at radius 3 is 2.65 bits per heavy atom. The van der Waals surface area contributed by atoms with Crippen LogP contribution >= 0.6 is 11.8 Å². The lowest BCUT2D eigenvalue weighted by atomic mass is 10.2. The van der Waals surface area contributed by atoms with Gasteiger partial charge in [-0.05, 0) is 37.6 Å². The summed E-state index contributed by atoms with van der Waals surface area (Å²) in [4.78, 5) is 13.1. The van der Waals surface area contributed by atoms with Gasteiger partial charge in [0, 0.05) is 4.90 Å². The Bertz CT molecular complexity index is 626. The maximum atomic E-state index is 11.9. The zero-order valence-corrected chi connectivity index (χ0v) is 12.5. The number of nitrogens with one attached hydrogen (secondary N) is 1. The van der Waals surface area contributed by atoms with Crippen molar-refractivity contribution >= 4 is 29.0 Å². The maximum Gasteiger partial charge on any atom is 0.234 e. The van der Waals surface area contributed by atoms with Crippen LogP contribution < -0.4 is 11.1 Å². The molecule has 0 saturated heterocycles. The summed E-state index contributed by atoms with van der Waals surface area (Å²) in [7, 11) is 0. The molecule has 0 unspecified atom stereocenters. The average Bonchev–Trinajstić information content (AvgIpc) is 2.40. The zero-order valence-electron chi connectivity index (χ0n) is 11.6. The average molecular weight is 286 g/mol. The third-order valence-corrected chi connectivity index (χ3v) is 4.10. The fourth-order valence-corrected chi connectivity index (χ4v) is 2.71. The maximum absolute atomic E-state index is 11.9. The van der Waals surface area contributed by atoms with Crippen LogP contribution in [0.4, 0.5) is 11.4 Å². The van der Waals surface area contributed by atoms with Crippen LogP contribution in [-0.2, 0) is 4.79 Å². The van der Waals surface area contributed by atoms with Crippen LogP contribution in [-0.4, -0.2) is 11.7 Å². The molecule has 0 fully saturated rings. The minimum absolute atomic E-state index is 0.0483. The fraction of sp³-hybridized carbons (Fsp3) is 0.188. The molecular weight excluding hydrogens is 268 g/mol. The Morgan fingerprint density at radius 2 is 1.95 bits per heavy atom. The first kappa shape index (κ1) is 14.5. The van der Waals surface area contributed by atoms with E-state index in [0.29, 0.717) is 17.1 Å². The lowest BCUT2D eigenvalue weighted by Crippen LogP contribution is -2.15. The molecule has 104 valence electrons. The molecule has 0 spiro atoms. The second-order valence-electron chi connectivity index (χ2n) is 4.69. The summed E-state index contributed by atoms with van der Waals surface area (Å²) in [6.45, 7) is 4.12. The summed E-state index contributed by atoms with van der Waals surface area (Å²) in [5, 5.41) is 2.83. The highest BCUT2D eigenvalue weighted by Gasteiger charge is 2.07. The molecule has 2 aromatic carbocycles. The van der Waals surface area contributed by atoms with E-state index in [1.54, 1.807) is 12.1 Å². The minimum atomic E-state index is -0.0483. The third-order valence-electron chi connectivity index (χ3n) is 2.92. The SMILES string of the molecule is Cc1ccc(SCC(=O)Nc2ccccc2N)c(C)c1. The molecular formula is C16H18N2OS. The van der Waals surface area contributed by atoms with Crippen LogP contribution in [0.5, 0.6) is 0 Å². The number of nitrogens with two attached hydrogens (primary N) is 1. The van der Waals surface area contributed by atoms with E-state index in [-0.39, 0.29) is 5.91 Å². The van der Waals surface area contributed by atoms with Crippen LogP contribution in [0.1, 0.15) is 11.1 Å². The molecule has 4 heteroatoms. The number of para-hydroxylation sites is 2. The summed E-state index contributed by atoms with van der Waals surface area (Å²) in [6, 6.07) is 13.5. The summed E-state index contributed by atoms with van der Waals surface area (Å²) in [5.74, 6) is 0.325. The van der Waals surface area contributed by atoms with Crippen LogP contribution in [0.15, 0.2) is 47.4 Å². The van der Waals surface area contributed by atoms with E-state index >= 15 is 0 Å². The minimum Gasteiger partial charge on any atom is -0.397 e. The largest absolute Gasteiger partial charge is 0.397 e. The number of anilines is 2. The lowest BCUT2D eigenvalue weighted by molar-refractivity contribution is -0.113. The van der Waals surface area contributed by atoms with Crippen molar-refractivity contribution in [2.75, 3.05) is 16.8 Å². The van der Waals surface area contributed by atoms with Crippen molar-refractivity contribution in [3.63, 3.8) is 0 Å². The van der Waals surface area contributed by atoms with Gasteiger partial charge >= 0.3 is 0 Å². The van der Waals surface area contributed by atoms with Gasteiger partial charge in [-0.15, -0.1) is 11.8 Å². The summed E-state index contributed by atoms with van der Waals surface area (Å²) in [5.41, 5.74) is 9.47. The normalized spacial score (nSPS) is 10.3. The number of carbonyl (C=O) groups is 1. The number of rotatable bonds is 4. The molecule has 0 aliphatic rings. The van der Waals surface area contributed by atoms with E-state index in [0.717, 1.165) is 4.90 Å². The number of benzene rings is 2. The van der Waals surface area contributed by atoms with Gasteiger partial charge in [0.05, 0.1) is 17.1 Å². The number of aryl methyl sites for hydroxylation is 2. The molecule has 0 atom stereocenters. The number of amides is 1. The molecule has 0 radical (unpaired) electrons. The Kier molecular flexibility index (Phi) is 4.69. The van der Waals surface area contributed by atoms with Gasteiger partial charge < -0.3 is 11.1 Å². The van der Waals surface area contributed by atoms with E-state index < -0.39 is 0 Å². The Morgan fingerprint density at radius 1 is 1.20 bits per heavy atom. The number of nitrogen functional groups attached to an aromatic ring is 1. The monoisotopic (exact) mass is 286 g/mol. The number of hydrogen-bond acceptors (Lipinski definition) is 3. The highest BCUT2D eigenvalue weighted by molar-refractivity contribution is 8.00. The summed E-state index contributed by atoms with van der Waals surface area (Å²) < 4.78 is 0. The highest BCUT2D eigenvalue weighted by Crippen LogP contribution is 2.24. The molecule has 20 heavy (non-hydrogen) atoms. The Hall–Kier alpha value is -1.94. The molecule has 2 aromatic rings. The Labute approximate surface area is 123 Å². The zero-order chi connectivity index (χ0) is 14.5. The number of hydrogen-bond donors (Lipinski definition) is 2. The molecule has 0 aliphatic carbocycles. The third kappa shape index (κ3) is 3.78. The van der Waals surface area contributed by atoms with Crippen LogP contribution in [0.3, 0.4) is 0 Å². The van der Waals surface area contributed by atoms with Gasteiger partial charge in [-0.25, -0.2) is 0 Å². The van der Waals surface area contributed by atoms with Gasteiger partial charge in [0.15, 0.2) is 0 Å². The molecule has 0 heterocycles. The van der Waals surface area contributed by atoms with Crippen molar-refractivity contribution in [1.29, 1.82) is 0 Å². The van der Waals surface area contributed by atoms with Gasteiger partial charge in [-0.1, -0.05) is 29.8 Å². The van der Waals surface area contributed by atoms with Crippen molar-refractivity contribution in [2.24, 2.45) is 0 Å². The van der Waals surface area contributed by atoms with E-state index in [9.17, 15) is 4.79 Å². The van der Waals surface area contributed by atoms with Crippen molar-refractivity contribution < 1.29 is 4.79 Å². The second-order valence-corrected chi connectivity index (χ2v) is 5.71. The van der Waals surface area contributed by atoms with Gasteiger partial charge in [0.25, 0.3) is 0 Å². The molecule has 3 nitrogen and oxygen atoms in total. The van der Waals surface area contributed by atoms with Gasteiger partial charge in [0.2, 0.25) is 5.91 Å². The van der Waals surface area contributed by atoms with Crippen LogP contribution in [0.25, 0.3) is 0 Å². The smallest absolute Gasteiger partial charge is 0.234 e. The van der Waals surface area contributed by atoms with Crippen molar-refractivity contribution in [3.05, 3.63) is 53.6 Å². The summed E-state index contributed by atoms with van der Waals surface area (Å²) >= 11 is 1.54. The first-order valence-electron chi connectivity index (χ1n) is 6.40. The topological polar surface area (TPSA) is 55.1 Å². The standard InChI is InChI=1S/C16H18N2OS/c1-11-7-8-15(12(2)9-11)20-10-16(19)18-14-6-4-3-5-13(14)17/h3-9H,10,17H2,1-2H3,(H,18,19). The number of thioether (sulfide) groups is 1. The second kappa shape index (κ2) is 6.48. The van der Waals surface area contributed by atoms with Crippen molar-refractivity contribution in [1.82, 2.24) is 0 Å². The van der Waals surface area contributed by atoms with E-state index in [2.05, 4.69) is 37.4 Å². The first-order chi connectivity index (χ1) is 9.56. The van der Waals surface area contributed by atoms with Crippen LogP contribution in [0.2, 0.25) is 0 Å². The van der Waals surface area contributed by atoms with Crippen molar-refractivity contribution in [3.8, 4) is 0 Å². The fourth-order valence-electron chi connectivity index (χ4n) is 1.90. The molecule has 0 aromatic heterocycles. The van der Waals surface area contributed by atoms with E-state index in [4.69, 9.17) is 5.73 Å². The van der Waals surface area contributed by atoms with E-state index in [1.807, 2.05) is 12.1 Å². The molecule has 0 bridgehead atoms. The summed E-state index contributed by atoms with van der Waals surface area (Å²) in [6.07, 6.45) is 0. The van der Waals surface area contributed by atoms with Gasteiger partial charge in [-0.2, -0.15) is 0 Å². The molecule has 1 amide bonds. The molecule has 2 rings (SSSR count). The molecule has 3 N–H and O–H groups in total. The predicted molar refractivity (Wildman–Crippen MR) is 86.1 cm³/mol. The quantitative estimate of drug-likeness (QED) is 0.667. The predicted octanol–water partition coefficient (Wildman–Crippen LogP) is 3.62. The van der Waals surface area contributed by atoms with E-state index in [1.165, 1.54) is 22.9 Å². The lowest BCUT2D eigenvalue weighted by Gasteiger charge is -2.09. The molecule has 0 saturated carbocycles. The number of carbonyl (C=O) groups excluding carboxylic acids is 1. The first-order valence-corrected chi connectivity index (χ1v) is 7.39. The highest BCUT2D eigenvalue weighted by atomic mass is 32.2. The Balaban J connectivity index is 1.94. The van der Waals surface area contributed by atoms with Crippen molar-refractivity contribution in [2.45, 2.75) is 18.7 Å². The van der Waals surface area contributed by atoms with Crippen LogP contribution in [0, 0.1) is 13.8 Å². The molecule has 0 aliphatic heterocycles. The van der Waals surface area contributed by atoms with Gasteiger partial charge in [0.1, 0.15) is 0 Å².